The number of carbonyl (C=O) groups is 4. The monoisotopic (exact) mass is 581 g/mol. The van der Waals surface area contributed by atoms with Gasteiger partial charge < -0.3 is 35.6 Å². The Morgan fingerprint density at radius 2 is 1.57 bits per heavy atom. The van der Waals surface area contributed by atoms with Crippen molar-refractivity contribution < 1.29 is 19.2 Å². The molecule has 230 valence electrons. The Kier molecular flexibility index (Phi) is 10.2. The van der Waals surface area contributed by atoms with Gasteiger partial charge in [0.1, 0.15) is 6.04 Å². The summed E-state index contributed by atoms with van der Waals surface area (Å²) in [6, 6.07) is 6.96. The number of rotatable bonds is 8. The van der Waals surface area contributed by atoms with E-state index in [1.165, 1.54) is 19.3 Å². The van der Waals surface area contributed by atoms with E-state index in [9.17, 15) is 19.2 Å². The number of para-hydroxylation sites is 1. The van der Waals surface area contributed by atoms with Gasteiger partial charge in [-0.05, 0) is 69.7 Å². The van der Waals surface area contributed by atoms with Crippen molar-refractivity contribution in [2.75, 3.05) is 51.1 Å². The summed E-state index contributed by atoms with van der Waals surface area (Å²) in [5.74, 6) is -0.315. The lowest BCUT2D eigenvalue weighted by molar-refractivity contribution is -0.140. The number of hydrogen-bond acceptors (Lipinski definition) is 5. The highest BCUT2D eigenvalue weighted by Crippen LogP contribution is 2.28. The summed E-state index contributed by atoms with van der Waals surface area (Å²) in [5, 5.41) is 8.57. The molecule has 0 saturated carbocycles. The number of anilines is 1. The first-order valence-electron chi connectivity index (χ1n) is 15.9. The van der Waals surface area contributed by atoms with E-state index in [2.05, 4.69) is 20.9 Å². The molecular weight excluding hydrogens is 534 g/mol. The fourth-order valence-corrected chi connectivity index (χ4v) is 6.85. The van der Waals surface area contributed by atoms with Gasteiger partial charge in [-0.15, -0.1) is 0 Å². The lowest BCUT2D eigenvalue weighted by atomic mass is 9.98. The molecule has 0 aromatic heterocycles. The highest BCUT2D eigenvalue weighted by molar-refractivity contribution is 5.93. The van der Waals surface area contributed by atoms with Crippen LogP contribution in [0.2, 0.25) is 0 Å². The highest BCUT2D eigenvalue weighted by atomic mass is 16.2. The molecule has 4 heterocycles. The van der Waals surface area contributed by atoms with Crippen molar-refractivity contribution in [3.63, 3.8) is 0 Å². The van der Waals surface area contributed by atoms with E-state index < -0.39 is 12.1 Å². The van der Waals surface area contributed by atoms with Crippen molar-refractivity contribution in [3.8, 4) is 0 Å². The number of amides is 6. The van der Waals surface area contributed by atoms with Crippen LogP contribution in [-0.4, -0.2) is 107 Å². The van der Waals surface area contributed by atoms with Crippen molar-refractivity contribution in [1.82, 2.24) is 30.2 Å². The second kappa shape index (κ2) is 14.2. The van der Waals surface area contributed by atoms with Crippen molar-refractivity contribution in [2.24, 2.45) is 0 Å². The summed E-state index contributed by atoms with van der Waals surface area (Å²) in [7, 11) is 0. The zero-order valence-corrected chi connectivity index (χ0v) is 25.0. The number of nitrogens with one attached hydrogen (secondary N) is 3. The minimum atomic E-state index is -0.900. The molecule has 1 atom stereocenters. The second-order valence-electron chi connectivity index (χ2n) is 12.1. The van der Waals surface area contributed by atoms with Gasteiger partial charge in [0.15, 0.2) is 0 Å². The first kappa shape index (κ1) is 30.1. The molecule has 1 aromatic carbocycles. The van der Waals surface area contributed by atoms with E-state index in [-0.39, 0.29) is 30.3 Å². The molecular formula is C31H47N7O4. The van der Waals surface area contributed by atoms with E-state index in [0.29, 0.717) is 58.2 Å². The average molecular weight is 582 g/mol. The summed E-state index contributed by atoms with van der Waals surface area (Å²) >= 11 is 0. The average Bonchev–Trinajstić information content (AvgIpc) is 3.03. The molecule has 11 heteroatoms. The second-order valence-corrected chi connectivity index (χ2v) is 12.1. The van der Waals surface area contributed by atoms with Crippen LogP contribution in [0.25, 0.3) is 0 Å². The van der Waals surface area contributed by atoms with Crippen molar-refractivity contribution in [1.29, 1.82) is 0 Å². The van der Waals surface area contributed by atoms with E-state index in [0.717, 1.165) is 43.6 Å². The Morgan fingerprint density at radius 3 is 2.29 bits per heavy atom. The lowest BCUT2D eigenvalue weighted by Crippen LogP contribution is -2.56. The summed E-state index contributed by atoms with van der Waals surface area (Å²) in [6.07, 6.45) is 7.72. The molecule has 3 fully saturated rings. The zero-order chi connectivity index (χ0) is 29.5. The third-order valence-corrected chi connectivity index (χ3v) is 9.32. The summed E-state index contributed by atoms with van der Waals surface area (Å²) < 4.78 is 0. The third-order valence-electron chi connectivity index (χ3n) is 9.32. The van der Waals surface area contributed by atoms with Crippen LogP contribution in [0.5, 0.6) is 0 Å². The summed E-state index contributed by atoms with van der Waals surface area (Å²) in [5.41, 5.74) is 1.94. The maximum atomic E-state index is 13.7. The van der Waals surface area contributed by atoms with Crippen LogP contribution in [0.4, 0.5) is 15.3 Å². The lowest BCUT2D eigenvalue weighted by Gasteiger charge is -2.41. The minimum absolute atomic E-state index is 0.0407. The van der Waals surface area contributed by atoms with Crippen molar-refractivity contribution in [3.05, 3.63) is 29.8 Å². The number of carbonyl (C=O) groups excluding carboxylic acids is 4. The molecule has 0 aliphatic carbocycles. The molecule has 1 aromatic rings. The van der Waals surface area contributed by atoms with Gasteiger partial charge in [0.25, 0.3) is 0 Å². The number of piperidine rings is 3. The number of fused-ring (bicyclic) bond motifs is 1. The Balaban J connectivity index is 1.15. The molecule has 0 unspecified atom stereocenters. The SMILES string of the molecule is CCCNC(=O)N[C@@H](CC(=O)N1CCC(N2Cc3ccccc3NC2=O)CC1)C(=O)N1CCC(N2CCCCC2)CC1. The fraction of sp³-hybridized carbons (Fsp3) is 0.677. The van der Waals surface area contributed by atoms with Crippen molar-refractivity contribution >= 4 is 29.6 Å². The Bertz CT molecular complexity index is 1110. The predicted octanol–water partition coefficient (Wildman–Crippen LogP) is 2.97. The molecule has 4 aliphatic rings. The molecule has 6 amide bonds. The largest absolute Gasteiger partial charge is 0.342 e. The first-order chi connectivity index (χ1) is 20.4. The number of hydrogen-bond donors (Lipinski definition) is 3. The van der Waals surface area contributed by atoms with E-state index in [1.807, 2.05) is 41.0 Å². The highest BCUT2D eigenvalue weighted by Gasteiger charge is 2.36. The van der Waals surface area contributed by atoms with Gasteiger partial charge in [0.2, 0.25) is 11.8 Å². The van der Waals surface area contributed by atoms with Crippen LogP contribution in [0.15, 0.2) is 24.3 Å². The normalized spacial score (nSPS) is 21.4. The van der Waals surface area contributed by atoms with Crippen molar-refractivity contribution in [2.45, 2.75) is 89.4 Å². The first-order valence-corrected chi connectivity index (χ1v) is 15.9. The summed E-state index contributed by atoms with van der Waals surface area (Å²) in [6.45, 7) is 7.63. The molecule has 0 spiro atoms. The maximum Gasteiger partial charge on any atom is 0.322 e. The topological polar surface area (TPSA) is 117 Å². The van der Waals surface area contributed by atoms with Gasteiger partial charge >= 0.3 is 12.1 Å². The summed E-state index contributed by atoms with van der Waals surface area (Å²) in [4.78, 5) is 60.5. The quantitative estimate of drug-likeness (QED) is 0.437. The van der Waals surface area contributed by atoms with Gasteiger partial charge in [0.05, 0.1) is 6.42 Å². The smallest absolute Gasteiger partial charge is 0.322 e. The van der Waals surface area contributed by atoms with E-state index in [4.69, 9.17) is 0 Å². The zero-order valence-electron chi connectivity index (χ0n) is 25.0. The van der Waals surface area contributed by atoms with Gasteiger partial charge in [-0.1, -0.05) is 31.5 Å². The molecule has 0 radical (unpaired) electrons. The Morgan fingerprint density at radius 1 is 0.905 bits per heavy atom. The predicted molar refractivity (Wildman–Crippen MR) is 161 cm³/mol. The number of nitrogens with zero attached hydrogens (tertiary/aromatic N) is 4. The molecule has 0 bridgehead atoms. The Hall–Kier alpha value is -3.34. The standard InChI is InChI=1S/C31H47N7O4/c1-2-14-32-30(41)33-27(29(40)37-19-10-24(11-20-37)35-15-6-3-7-16-35)21-28(39)36-17-12-25(13-18-36)38-22-23-8-4-5-9-26(23)34-31(38)42/h4-5,8-9,24-25,27H,2-3,6-7,10-22H2,1H3,(H,34,42)(H2,32,33,41)/t27-/m0/s1. The van der Waals surface area contributed by atoms with Crippen LogP contribution < -0.4 is 16.0 Å². The van der Waals surface area contributed by atoms with Crippen LogP contribution in [0.3, 0.4) is 0 Å². The van der Waals surface area contributed by atoms with Gasteiger partial charge in [-0.25, -0.2) is 9.59 Å². The molecule has 3 N–H and O–H groups in total. The Labute approximate surface area is 249 Å². The minimum Gasteiger partial charge on any atom is -0.342 e. The van der Waals surface area contributed by atoms with Crippen LogP contribution in [0, 0.1) is 0 Å². The van der Waals surface area contributed by atoms with Crippen LogP contribution in [0.1, 0.15) is 70.3 Å². The fourth-order valence-electron chi connectivity index (χ4n) is 6.85. The molecule has 42 heavy (non-hydrogen) atoms. The van der Waals surface area contributed by atoms with E-state index in [1.54, 1.807) is 4.90 Å². The number of urea groups is 2. The van der Waals surface area contributed by atoms with Crippen LogP contribution in [-0.2, 0) is 16.1 Å². The maximum absolute atomic E-state index is 13.7. The van der Waals surface area contributed by atoms with Gasteiger partial charge in [-0.2, -0.15) is 0 Å². The molecule has 11 nitrogen and oxygen atoms in total. The molecule has 3 saturated heterocycles. The van der Waals surface area contributed by atoms with E-state index >= 15 is 0 Å². The molecule has 5 rings (SSSR count). The molecule has 4 aliphatic heterocycles. The van der Waals surface area contributed by atoms with Gasteiger partial charge in [0, 0.05) is 57.0 Å². The van der Waals surface area contributed by atoms with Crippen LogP contribution >= 0.6 is 0 Å². The van der Waals surface area contributed by atoms with Gasteiger partial charge in [-0.3, -0.25) is 9.59 Å². The number of benzene rings is 1. The third kappa shape index (κ3) is 7.35. The number of likely N-dealkylation sites (tertiary alicyclic amines) is 3.